The summed E-state index contributed by atoms with van der Waals surface area (Å²) < 4.78 is 0. The molecule has 0 aromatic carbocycles. The normalized spacial score (nSPS) is 11.1. The molecule has 0 bridgehead atoms. The molecule has 0 radical (unpaired) electrons. The smallest absolute Gasteiger partial charge is 0.548 e. The van der Waals surface area contributed by atoms with Crippen LogP contribution in [0.2, 0.25) is 0 Å². The third-order valence-electron chi connectivity index (χ3n) is 5.27. The Morgan fingerprint density at radius 3 is 1.48 bits per heavy atom. The molecule has 0 heterocycles. The average molecular weight is 454 g/mol. The molecule has 0 aliphatic carbocycles. The Morgan fingerprint density at radius 1 is 0.742 bits per heavy atom. The minimum Gasteiger partial charge on any atom is -0.548 e. The van der Waals surface area contributed by atoms with Crippen molar-refractivity contribution >= 4 is 17.8 Å². The fourth-order valence-electron chi connectivity index (χ4n) is 3.44. The van der Waals surface area contributed by atoms with Crippen LogP contribution in [-0.4, -0.2) is 34.5 Å². The van der Waals surface area contributed by atoms with Gasteiger partial charge in [0.15, 0.2) is 0 Å². The molecule has 4 N–H and O–H groups in total. The summed E-state index contributed by atoms with van der Waals surface area (Å²) in [6.07, 6.45) is 18.5. The summed E-state index contributed by atoms with van der Waals surface area (Å²) in [6, 6.07) is -1.23. The van der Waals surface area contributed by atoms with Crippen LogP contribution >= 0.6 is 0 Å². The summed E-state index contributed by atoms with van der Waals surface area (Å²) in [7, 11) is 0. The Bertz CT molecular complexity index is 448. The molecular formula is C23H44NNaO6. The summed E-state index contributed by atoms with van der Waals surface area (Å²) in [5.74, 6) is -2.87. The Morgan fingerprint density at radius 2 is 1.13 bits per heavy atom. The number of aliphatic carboxylic acids is 2. The van der Waals surface area contributed by atoms with E-state index in [0.717, 1.165) is 19.3 Å². The predicted molar refractivity (Wildman–Crippen MR) is 117 cm³/mol. The van der Waals surface area contributed by atoms with Crippen LogP contribution < -0.4 is 40.0 Å². The first-order valence-corrected chi connectivity index (χ1v) is 11.7. The molecule has 0 saturated carbocycles. The van der Waals surface area contributed by atoms with Gasteiger partial charge in [0, 0.05) is 12.8 Å². The zero-order valence-corrected chi connectivity index (χ0v) is 21.9. The molecule has 0 aromatic rings. The van der Waals surface area contributed by atoms with Crippen LogP contribution in [-0.2, 0) is 14.4 Å². The number of amides is 1. The monoisotopic (exact) mass is 453 g/mol. The van der Waals surface area contributed by atoms with E-state index < -0.39 is 18.0 Å². The largest absolute Gasteiger partial charge is 1.00 e. The zero-order chi connectivity index (χ0) is 21.7. The molecule has 0 aromatic heterocycles. The predicted octanol–water partition coefficient (Wildman–Crippen LogP) is 0.527. The molecule has 0 unspecified atom stereocenters. The van der Waals surface area contributed by atoms with E-state index in [4.69, 9.17) is 5.11 Å². The van der Waals surface area contributed by atoms with E-state index in [1.165, 1.54) is 77.0 Å². The van der Waals surface area contributed by atoms with E-state index in [1.54, 1.807) is 0 Å². The SMILES string of the molecule is CCCCCCCCCCCCCCCCCC(=O)N[C@@H](CCC(=O)O)C(=O)[O-].O.[Na+]. The molecule has 0 aliphatic rings. The van der Waals surface area contributed by atoms with Gasteiger partial charge in [-0.05, 0) is 12.8 Å². The second kappa shape index (κ2) is 25.6. The van der Waals surface area contributed by atoms with Crippen LogP contribution in [0.1, 0.15) is 122 Å². The first-order valence-electron chi connectivity index (χ1n) is 11.7. The topological polar surface area (TPSA) is 138 Å². The van der Waals surface area contributed by atoms with Gasteiger partial charge in [-0.25, -0.2) is 0 Å². The summed E-state index contributed by atoms with van der Waals surface area (Å²) in [5.41, 5.74) is 0. The van der Waals surface area contributed by atoms with E-state index in [2.05, 4.69) is 12.2 Å². The van der Waals surface area contributed by atoms with E-state index >= 15 is 0 Å². The molecule has 0 spiro atoms. The zero-order valence-electron chi connectivity index (χ0n) is 19.9. The minimum absolute atomic E-state index is 0. The summed E-state index contributed by atoms with van der Waals surface area (Å²) in [4.78, 5) is 33.2. The second-order valence-electron chi connectivity index (χ2n) is 8.07. The molecule has 178 valence electrons. The second-order valence-corrected chi connectivity index (χ2v) is 8.07. The Hall–Kier alpha value is -0.630. The van der Waals surface area contributed by atoms with Crippen LogP contribution in [0.4, 0.5) is 0 Å². The van der Waals surface area contributed by atoms with Gasteiger partial charge in [0.05, 0.1) is 12.0 Å². The maximum Gasteiger partial charge on any atom is 1.00 e. The number of hydrogen-bond acceptors (Lipinski definition) is 4. The van der Waals surface area contributed by atoms with Crippen molar-refractivity contribution in [3.63, 3.8) is 0 Å². The Kier molecular flexibility index (Phi) is 28.9. The third-order valence-corrected chi connectivity index (χ3v) is 5.27. The first kappa shape index (κ1) is 35.0. The standard InChI is InChI=1S/C23H43NO5.Na.H2O/c1-2-3-4-5-6-7-8-9-10-11-12-13-14-15-16-17-21(25)24-20(23(28)29)18-19-22(26)27;;/h20H,2-19H2,1H3,(H,24,25)(H,26,27)(H,28,29);;1H2/q;+1;/p-1/t20-;;/m0../s1. The van der Waals surface area contributed by atoms with Crippen molar-refractivity contribution in [2.24, 2.45) is 0 Å². The quantitative estimate of drug-likeness (QED) is 0.193. The van der Waals surface area contributed by atoms with Crippen molar-refractivity contribution in [1.82, 2.24) is 5.32 Å². The van der Waals surface area contributed by atoms with Gasteiger partial charge in [-0.2, -0.15) is 0 Å². The van der Waals surface area contributed by atoms with Crippen molar-refractivity contribution in [2.45, 2.75) is 129 Å². The van der Waals surface area contributed by atoms with Gasteiger partial charge >= 0.3 is 35.5 Å². The maximum atomic E-state index is 11.8. The minimum atomic E-state index is -1.43. The molecule has 1 atom stereocenters. The van der Waals surface area contributed by atoms with E-state index in [9.17, 15) is 19.5 Å². The van der Waals surface area contributed by atoms with Crippen molar-refractivity contribution in [3.05, 3.63) is 0 Å². The molecule has 0 fully saturated rings. The fraction of sp³-hybridized carbons (Fsp3) is 0.870. The number of carboxylic acid groups (broad SMARTS) is 2. The molecule has 1 amide bonds. The van der Waals surface area contributed by atoms with Crippen LogP contribution in [0.15, 0.2) is 0 Å². The molecule has 0 saturated heterocycles. The van der Waals surface area contributed by atoms with Crippen molar-refractivity contribution in [2.75, 3.05) is 0 Å². The molecule has 8 heteroatoms. The number of carbonyl (C=O) groups excluding carboxylic acids is 2. The number of carbonyl (C=O) groups is 3. The van der Waals surface area contributed by atoms with Crippen LogP contribution in [0.25, 0.3) is 0 Å². The third kappa shape index (κ3) is 25.5. The van der Waals surface area contributed by atoms with Gasteiger partial charge < -0.3 is 25.8 Å². The van der Waals surface area contributed by atoms with Gasteiger partial charge in [-0.3, -0.25) is 9.59 Å². The number of rotatable bonds is 21. The molecule has 31 heavy (non-hydrogen) atoms. The number of unbranched alkanes of at least 4 members (excludes halogenated alkanes) is 14. The van der Waals surface area contributed by atoms with Crippen LogP contribution in [0, 0.1) is 0 Å². The van der Waals surface area contributed by atoms with Crippen LogP contribution in [0.3, 0.4) is 0 Å². The molecule has 0 aliphatic heterocycles. The molecule has 7 nitrogen and oxygen atoms in total. The maximum absolute atomic E-state index is 11.8. The van der Waals surface area contributed by atoms with E-state index in [1.807, 2.05) is 0 Å². The Labute approximate surface area is 210 Å². The summed E-state index contributed by atoms with van der Waals surface area (Å²) >= 11 is 0. The van der Waals surface area contributed by atoms with Crippen molar-refractivity contribution in [1.29, 1.82) is 0 Å². The van der Waals surface area contributed by atoms with Crippen LogP contribution in [0.5, 0.6) is 0 Å². The number of hydrogen-bond donors (Lipinski definition) is 2. The Balaban J connectivity index is -0.00000392. The van der Waals surface area contributed by atoms with Gasteiger partial charge in [0.1, 0.15) is 0 Å². The molecular weight excluding hydrogens is 409 g/mol. The summed E-state index contributed by atoms with van der Waals surface area (Å²) in [5, 5.41) is 21.9. The van der Waals surface area contributed by atoms with Gasteiger partial charge in [-0.15, -0.1) is 0 Å². The van der Waals surface area contributed by atoms with E-state index in [0.29, 0.717) is 0 Å². The number of nitrogens with one attached hydrogen (secondary N) is 1. The van der Waals surface area contributed by atoms with Gasteiger partial charge in [-0.1, -0.05) is 96.8 Å². The summed E-state index contributed by atoms with van der Waals surface area (Å²) in [6.45, 7) is 2.25. The fourth-order valence-corrected chi connectivity index (χ4v) is 3.44. The van der Waals surface area contributed by atoms with Gasteiger partial charge in [0.25, 0.3) is 0 Å². The van der Waals surface area contributed by atoms with Crippen molar-refractivity contribution in [3.8, 4) is 0 Å². The van der Waals surface area contributed by atoms with E-state index in [-0.39, 0.29) is 60.2 Å². The first-order chi connectivity index (χ1) is 14.0. The van der Waals surface area contributed by atoms with Gasteiger partial charge in [0.2, 0.25) is 5.91 Å². The van der Waals surface area contributed by atoms with Crippen molar-refractivity contribution < 1.29 is 59.6 Å². The molecule has 0 rings (SSSR count). The average Bonchev–Trinajstić information content (AvgIpc) is 2.67. The number of carboxylic acids is 2.